The molecule has 1 atom stereocenters. The molecule has 0 spiro atoms. The number of nitrogens with zero attached hydrogens (tertiary/aromatic N) is 1. The molecule has 2 rings (SSSR count). The van der Waals surface area contributed by atoms with E-state index in [1.165, 1.54) is 6.07 Å². The van der Waals surface area contributed by atoms with Crippen molar-refractivity contribution in [1.82, 2.24) is 4.90 Å². The summed E-state index contributed by atoms with van der Waals surface area (Å²) in [5.41, 5.74) is 0.467. The van der Waals surface area contributed by atoms with Crippen LogP contribution in [0.1, 0.15) is 10.9 Å². The summed E-state index contributed by atoms with van der Waals surface area (Å²) in [4.78, 5) is 13.7. The first kappa shape index (κ1) is 13.8. The normalized spacial score (nSPS) is 17.6. The molecule has 98 valence electrons. The van der Waals surface area contributed by atoms with Gasteiger partial charge in [0.15, 0.2) is 0 Å². The SMILES string of the molecule is O=C(C(Cl)c1ccc(Br)c(F)c1)N1CCOCC1. The highest BCUT2D eigenvalue weighted by atomic mass is 79.9. The maximum absolute atomic E-state index is 13.4. The number of rotatable bonds is 2. The Kier molecular flexibility index (Phi) is 4.59. The van der Waals surface area contributed by atoms with E-state index in [0.717, 1.165) is 0 Å². The van der Waals surface area contributed by atoms with Gasteiger partial charge in [0, 0.05) is 13.1 Å². The van der Waals surface area contributed by atoms with Gasteiger partial charge in [-0.15, -0.1) is 11.6 Å². The van der Waals surface area contributed by atoms with Crippen LogP contribution in [0, 0.1) is 5.82 Å². The molecule has 1 fully saturated rings. The van der Waals surface area contributed by atoms with Crippen LogP contribution in [-0.4, -0.2) is 37.1 Å². The van der Waals surface area contributed by atoms with Gasteiger partial charge in [-0.2, -0.15) is 0 Å². The van der Waals surface area contributed by atoms with Crippen molar-refractivity contribution in [2.45, 2.75) is 5.38 Å². The van der Waals surface area contributed by atoms with E-state index in [0.29, 0.717) is 36.3 Å². The highest BCUT2D eigenvalue weighted by molar-refractivity contribution is 9.10. The third-order valence-corrected chi connectivity index (χ3v) is 3.86. The highest BCUT2D eigenvalue weighted by Crippen LogP contribution is 2.26. The van der Waals surface area contributed by atoms with E-state index >= 15 is 0 Å². The van der Waals surface area contributed by atoms with Gasteiger partial charge in [-0.1, -0.05) is 6.07 Å². The molecule has 0 aliphatic carbocycles. The summed E-state index contributed by atoms with van der Waals surface area (Å²) in [7, 11) is 0. The highest BCUT2D eigenvalue weighted by Gasteiger charge is 2.25. The van der Waals surface area contributed by atoms with E-state index in [4.69, 9.17) is 16.3 Å². The maximum atomic E-state index is 13.4. The number of benzene rings is 1. The van der Waals surface area contributed by atoms with Gasteiger partial charge in [0.05, 0.1) is 17.7 Å². The molecular weight excluding hydrogens is 324 g/mol. The Balaban J connectivity index is 2.11. The Morgan fingerprint density at radius 2 is 2.11 bits per heavy atom. The van der Waals surface area contributed by atoms with E-state index in [9.17, 15) is 9.18 Å². The molecule has 0 N–H and O–H groups in total. The van der Waals surface area contributed by atoms with Crippen molar-refractivity contribution in [1.29, 1.82) is 0 Å². The van der Waals surface area contributed by atoms with Crippen molar-refractivity contribution >= 4 is 33.4 Å². The molecule has 1 heterocycles. The van der Waals surface area contributed by atoms with Gasteiger partial charge in [0.1, 0.15) is 11.2 Å². The van der Waals surface area contributed by atoms with Gasteiger partial charge in [-0.05, 0) is 33.6 Å². The molecule has 1 amide bonds. The zero-order valence-corrected chi connectivity index (χ0v) is 11.9. The Labute approximate surface area is 118 Å². The summed E-state index contributed by atoms with van der Waals surface area (Å²) in [6, 6.07) is 4.47. The minimum absolute atomic E-state index is 0.207. The summed E-state index contributed by atoms with van der Waals surface area (Å²) in [6.45, 7) is 2.09. The molecule has 18 heavy (non-hydrogen) atoms. The molecule has 0 bridgehead atoms. The number of carbonyl (C=O) groups excluding carboxylic acids is 1. The fourth-order valence-electron chi connectivity index (χ4n) is 1.76. The number of carbonyl (C=O) groups is 1. The Hall–Kier alpha value is -0.650. The van der Waals surface area contributed by atoms with Crippen LogP contribution >= 0.6 is 27.5 Å². The number of hydrogen-bond donors (Lipinski definition) is 0. The number of ether oxygens (including phenoxy) is 1. The summed E-state index contributed by atoms with van der Waals surface area (Å²) in [5.74, 6) is -0.630. The second-order valence-corrected chi connectivity index (χ2v) is 5.26. The Morgan fingerprint density at radius 3 is 2.72 bits per heavy atom. The van der Waals surface area contributed by atoms with Crippen LogP contribution < -0.4 is 0 Å². The molecule has 6 heteroatoms. The van der Waals surface area contributed by atoms with Gasteiger partial charge < -0.3 is 9.64 Å². The summed E-state index contributed by atoms with van der Waals surface area (Å²) >= 11 is 9.16. The van der Waals surface area contributed by atoms with Gasteiger partial charge in [-0.25, -0.2) is 4.39 Å². The quantitative estimate of drug-likeness (QED) is 0.777. The summed E-state index contributed by atoms with van der Waals surface area (Å²) in [6.07, 6.45) is 0. The lowest BCUT2D eigenvalue weighted by Gasteiger charge is -2.28. The van der Waals surface area contributed by atoms with Crippen molar-refractivity contribution in [3.05, 3.63) is 34.1 Å². The molecule has 1 unspecified atom stereocenters. The lowest BCUT2D eigenvalue weighted by molar-refractivity contribution is -0.134. The van der Waals surface area contributed by atoms with E-state index in [2.05, 4.69) is 15.9 Å². The lowest BCUT2D eigenvalue weighted by atomic mass is 10.1. The molecule has 0 radical (unpaired) electrons. The topological polar surface area (TPSA) is 29.5 Å². The van der Waals surface area contributed by atoms with Crippen LogP contribution in [0.3, 0.4) is 0 Å². The zero-order chi connectivity index (χ0) is 13.1. The predicted octanol–water partition coefficient (Wildman–Crippen LogP) is 2.73. The van der Waals surface area contributed by atoms with E-state index < -0.39 is 11.2 Å². The largest absolute Gasteiger partial charge is 0.378 e. The zero-order valence-electron chi connectivity index (χ0n) is 9.54. The van der Waals surface area contributed by atoms with E-state index in [1.54, 1.807) is 17.0 Å². The lowest BCUT2D eigenvalue weighted by Crippen LogP contribution is -2.42. The van der Waals surface area contributed by atoms with Gasteiger partial charge in [-0.3, -0.25) is 4.79 Å². The van der Waals surface area contributed by atoms with Crippen LogP contribution in [0.25, 0.3) is 0 Å². The maximum Gasteiger partial charge on any atom is 0.245 e. The smallest absolute Gasteiger partial charge is 0.245 e. The second kappa shape index (κ2) is 5.99. The molecule has 1 aromatic rings. The first-order chi connectivity index (χ1) is 8.59. The third kappa shape index (κ3) is 3.02. The first-order valence-corrected chi connectivity index (χ1v) is 6.78. The molecule has 0 saturated carbocycles. The standard InChI is InChI=1S/C12H12BrClFNO2/c13-9-2-1-8(7-10(9)15)11(14)12(17)16-3-5-18-6-4-16/h1-2,7,11H,3-6H2. The minimum Gasteiger partial charge on any atom is -0.378 e. The Morgan fingerprint density at radius 1 is 1.44 bits per heavy atom. The monoisotopic (exact) mass is 335 g/mol. The number of halogens is 3. The third-order valence-electron chi connectivity index (χ3n) is 2.78. The van der Waals surface area contributed by atoms with Crippen molar-refractivity contribution < 1.29 is 13.9 Å². The van der Waals surface area contributed by atoms with Crippen LogP contribution in [0.15, 0.2) is 22.7 Å². The molecular formula is C12H12BrClFNO2. The van der Waals surface area contributed by atoms with Crippen LogP contribution in [0.5, 0.6) is 0 Å². The van der Waals surface area contributed by atoms with Crippen LogP contribution in [0.2, 0.25) is 0 Å². The number of hydrogen-bond acceptors (Lipinski definition) is 2. The number of alkyl halides is 1. The van der Waals surface area contributed by atoms with Gasteiger partial charge in [0.2, 0.25) is 5.91 Å². The molecule has 1 aliphatic rings. The minimum atomic E-state index is -0.856. The van der Waals surface area contributed by atoms with Crippen molar-refractivity contribution in [3.8, 4) is 0 Å². The van der Waals surface area contributed by atoms with E-state index in [1.807, 2.05) is 0 Å². The molecule has 1 aliphatic heterocycles. The molecule has 3 nitrogen and oxygen atoms in total. The van der Waals surface area contributed by atoms with Crippen LogP contribution in [-0.2, 0) is 9.53 Å². The predicted molar refractivity (Wildman–Crippen MR) is 70.1 cm³/mol. The van der Waals surface area contributed by atoms with Crippen LogP contribution in [0.4, 0.5) is 4.39 Å². The molecule has 0 aromatic heterocycles. The van der Waals surface area contributed by atoms with Gasteiger partial charge in [0.25, 0.3) is 0 Å². The van der Waals surface area contributed by atoms with Crippen molar-refractivity contribution in [2.24, 2.45) is 0 Å². The molecule has 1 aromatic carbocycles. The number of morpholine rings is 1. The summed E-state index contributed by atoms with van der Waals surface area (Å²) < 4.78 is 18.9. The fraction of sp³-hybridized carbons (Fsp3) is 0.417. The average Bonchev–Trinajstić information content (AvgIpc) is 2.41. The first-order valence-electron chi connectivity index (χ1n) is 5.55. The Bertz CT molecular complexity index is 452. The van der Waals surface area contributed by atoms with Gasteiger partial charge >= 0.3 is 0 Å². The second-order valence-electron chi connectivity index (χ2n) is 3.97. The van der Waals surface area contributed by atoms with E-state index in [-0.39, 0.29) is 5.91 Å². The van der Waals surface area contributed by atoms with Crippen molar-refractivity contribution in [2.75, 3.05) is 26.3 Å². The average molecular weight is 337 g/mol. The summed E-state index contributed by atoms with van der Waals surface area (Å²) in [5, 5.41) is -0.856. The van der Waals surface area contributed by atoms with Crippen molar-refractivity contribution in [3.63, 3.8) is 0 Å². The molecule has 1 saturated heterocycles. The fourth-order valence-corrected chi connectivity index (χ4v) is 2.28. The number of amides is 1.